The average Bonchev–Trinajstić information content (AvgIpc) is 2.19. The van der Waals surface area contributed by atoms with Gasteiger partial charge in [0.05, 0.1) is 6.61 Å². The highest BCUT2D eigenvalue weighted by molar-refractivity contribution is 5.19. The van der Waals surface area contributed by atoms with Crippen molar-refractivity contribution in [2.45, 2.75) is 19.4 Å². The number of nitrogens with zero attached hydrogens (tertiary/aromatic N) is 1. The minimum Gasteiger partial charge on any atom is -0.478 e. The van der Waals surface area contributed by atoms with Crippen molar-refractivity contribution in [3.05, 3.63) is 23.9 Å². The van der Waals surface area contributed by atoms with Crippen LogP contribution in [-0.4, -0.2) is 23.3 Å². The van der Waals surface area contributed by atoms with Gasteiger partial charge in [0.2, 0.25) is 5.88 Å². The van der Waals surface area contributed by atoms with Gasteiger partial charge in [-0.05, 0) is 12.5 Å². The van der Waals surface area contributed by atoms with E-state index in [0.29, 0.717) is 18.9 Å². The second kappa shape index (κ2) is 5.57. The molecule has 1 unspecified atom stereocenters. The number of pyridine rings is 1. The van der Waals surface area contributed by atoms with E-state index in [1.54, 1.807) is 12.3 Å². The van der Waals surface area contributed by atoms with Gasteiger partial charge in [0.1, 0.15) is 0 Å². The molecule has 4 heteroatoms. The maximum absolute atomic E-state index is 8.54. The van der Waals surface area contributed by atoms with E-state index in [4.69, 9.17) is 15.6 Å². The first kappa shape index (κ1) is 10.9. The van der Waals surface area contributed by atoms with Crippen LogP contribution in [0.15, 0.2) is 18.3 Å². The highest BCUT2D eigenvalue weighted by Crippen LogP contribution is 2.12. The third-order valence-electron chi connectivity index (χ3n) is 1.84. The molecule has 0 fully saturated rings. The number of nitrogens with two attached hydrogens (primary N) is 1. The largest absolute Gasteiger partial charge is 0.478 e. The Morgan fingerprint density at radius 1 is 1.57 bits per heavy atom. The highest BCUT2D eigenvalue weighted by atomic mass is 16.5. The first-order valence-electron chi connectivity index (χ1n) is 4.69. The third-order valence-corrected chi connectivity index (χ3v) is 1.84. The van der Waals surface area contributed by atoms with Crippen LogP contribution in [0, 0.1) is 0 Å². The second-order valence-corrected chi connectivity index (χ2v) is 3.14. The maximum atomic E-state index is 8.54. The second-order valence-electron chi connectivity index (χ2n) is 3.14. The molecule has 0 amide bonds. The molecule has 0 aliphatic carbocycles. The summed E-state index contributed by atoms with van der Waals surface area (Å²) in [7, 11) is 0. The predicted octanol–water partition coefficient (Wildman–Crippen LogP) is 0.863. The van der Waals surface area contributed by atoms with Crippen molar-refractivity contribution < 1.29 is 9.84 Å². The fourth-order valence-corrected chi connectivity index (χ4v) is 0.988. The van der Waals surface area contributed by atoms with Gasteiger partial charge in [-0.25, -0.2) is 4.98 Å². The normalized spacial score (nSPS) is 12.5. The van der Waals surface area contributed by atoms with Gasteiger partial charge in [-0.1, -0.05) is 6.07 Å². The Hall–Kier alpha value is -1.13. The van der Waals surface area contributed by atoms with Crippen LogP contribution in [0.2, 0.25) is 0 Å². The van der Waals surface area contributed by atoms with Crippen LogP contribution < -0.4 is 10.5 Å². The minimum atomic E-state index is -0.00556. The SMILES string of the molecule is CC(N)c1ccc(OCCCO)nc1. The van der Waals surface area contributed by atoms with Gasteiger partial charge >= 0.3 is 0 Å². The molecule has 78 valence electrons. The molecular weight excluding hydrogens is 180 g/mol. The summed E-state index contributed by atoms with van der Waals surface area (Å²) in [5.74, 6) is 0.572. The Balaban J connectivity index is 2.47. The summed E-state index contributed by atoms with van der Waals surface area (Å²) in [4.78, 5) is 4.09. The molecule has 0 aliphatic rings. The molecular formula is C10H16N2O2. The Labute approximate surface area is 83.7 Å². The molecule has 0 radical (unpaired) electrons. The fraction of sp³-hybridized carbons (Fsp3) is 0.500. The number of hydrogen-bond acceptors (Lipinski definition) is 4. The Bertz CT molecular complexity index is 259. The zero-order valence-corrected chi connectivity index (χ0v) is 8.31. The molecule has 1 atom stereocenters. The summed E-state index contributed by atoms with van der Waals surface area (Å²) in [6, 6.07) is 3.68. The minimum absolute atomic E-state index is 0.00556. The number of aliphatic hydroxyl groups excluding tert-OH is 1. The number of aliphatic hydroxyl groups is 1. The van der Waals surface area contributed by atoms with Gasteiger partial charge in [-0.15, -0.1) is 0 Å². The lowest BCUT2D eigenvalue weighted by Gasteiger charge is -2.07. The van der Waals surface area contributed by atoms with Gasteiger partial charge in [0.15, 0.2) is 0 Å². The number of ether oxygens (including phenoxy) is 1. The molecule has 1 aromatic rings. The molecule has 0 bridgehead atoms. The van der Waals surface area contributed by atoms with E-state index in [-0.39, 0.29) is 12.6 Å². The monoisotopic (exact) mass is 196 g/mol. The van der Waals surface area contributed by atoms with E-state index in [1.165, 1.54) is 0 Å². The number of aromatic nitrogens is 1. The average molecular weight is 196 g/mol. The molecule has 1 heterocycles. The lowest BCUT2D eigenvalue weighted by molar-refractivity contribution is 0.229. The molecule has 0 aliphatic heterocycles. The Morgan fingerprint density at radius 3 is 2.86 bits per heavy atom. The van der Waals surface area contributed by atoms with E-state index >= 15 is 0 Å². The van der Waals surface area contributed by atoms with Crippen LogP contribution in [-0.2, 0) is 0 Å². The molecule has 0 aromatic carbocycles. The van der Waals surface area contributed by atoms with Crippen LogP contribution in [0.25, 0.3) is 0 Å². The lowest BCUT2D eigenvalue weighted by atomic mass is 10.2. The molecule has 0 saturated heterocycles. The summed E-state index contributed by atoms with van der Waals surface area (Å²) in [6.07, 6.45) is 2.33. The van der Waals surface area contributed by atoms with Gasteiger partial charge in [-0.3, -0.25) is 0 Å². The van der Waals surface area contributed by atoms with Gasteiger partial charge < -0.3 is 15.6 Å². The van der Waals surface area contributed by atoms with Crippen molar-refractivity contribution in [1.82, 2.24) is 4.98 Å². The Kier molecular flexibility index (Phi) is 4.35. The highest BCUT2D eigenvalue weighted by Gasteiger charge is 2.00. The van der Waals surface area contributed by atoms with Crippen LogP contribution in [0.5, 0.6) is 5.88 Å². The standard InChI is InChI=1S/C10H16N2O2/c1-8(11)9-3-4-10(12-7-9)14-6-2-5-13/h3-4,7-8,13H,2,5-6,11H2,1H3. The predicted molar refractivity (Wildman–Crippen MR) is 54.0 cm³/mol. The van der Waals surface area contributed by atoms with E-state index in [9.17, 15) is 0 Å². The smallest absolute Gasteiger partial charge is 0.213 e. The molecule has 1 aromatic heterocycles. The van der Waals surface area contributed by atoms with Crippen molar-refractivity contribution in [3.63, 3.8) is 0 Å². The van der Waals surface area contributed by atoms with Gasteiger partial charge in [0, 0.05) is 31.3 Å². The van der Waals surface area contributed by atoms with Gasteiger partial charge in [0.25, 0.3) is 0 Å². The van der Waals surface area contributed by atoms with Crippen molar-refractivity contribution in [2.75, 3.05) is 13.2 Å². The van der Waals surface area contributed by atoms with Gasteiger partial charge in [-0.2, -0.15) is 0 Å². The summed E-state index contributed by atoms with van der Waals surface area (Å²) >= 11 is 0. The van der Waals surface area contributed by atoms with E-state index in [2.05, 4.69) is 4.98 Å². The first-order chi connectivity index (χ1) is 6.74. The summed E-state index contributed by atoms with van der Waals surface area (Å²) < 4.78 is 5.27. The molecule has 0 spiro atoms. The Morgan fingerprint density at radius 2 is 2.36 bits per heavy atom. The van der Waals surface area contributed by atoms with Crippen LogP contribution in [0.1, 0.15) is 24.9 Å². The number of rotatable bonds is 5. The maximum Gasteiger partial charge on any atom is 0.213 e. The van der Waals surface area contributed by atoms with Crippen LogP contribution in [0.3, 0.4) is 0 Å². The molecule has 4 nitrogen and oxygen atoms in total. The van der Waals surface area contributed by atoms with Crippen molar-refractivity contribution >= 4 is 0 Å². The summed E-state index contributed by atoms with van der Waals surface area (Å²) in [5, 5.41) is 8.54. The summed E-state index contributed by atoms with van der Waals surface area (Å²) in [6.45, 7) is 2.53. The topological polar surface area (TPSA) is 68.4 Å². The quantitative estimate of drug-likeness (QED) is 0.685. The third kappa shape index (κ3) is 3.32. The number of hydrogen-bond donors (Lipinski definition) is 2. The van der Waals surface area contributed by atoms with Crippen molar-refractivity contribution in [1.29, 1.82) is 0 Å². The van der Waals surface area contributed by atoms with Crippen LogP contribution in [0.4, 0.5) is 0 Å². The first-order valence-corrected chi connectivity index (χ1v) is 4.69. The van der Waals surface area contributed by atoms with Crippen molar-refractivity contribution in [3.8, 4) is 5.88 Å². The van der Waals surface area contributed by atoms with Crippen molar-refractivity contribution in [2.24, 2.45) is 5.73 Å². The summed E-state index contributed by atoms with van der Waals surface area (Å²) in [5.41, 5.74) is 6.66. The van der Waals surface area contributed by atoms with E-state index < -0.39 is 0 Å². The zero-order valence-electron chi connectivity index (χ0n) is 8.31. The molecule has 14 heavy (non-hydrogen) atoms. The van der Waals surface area contributed by atoms with E-state index in [1.807, 2.05) is 13.0 Å². The fourth-order valence-electron chi connectivity index (χ4n) is 0.988. The molecule has 3 N–H and O–H groups in total. The lowest BCUT2D eigenvalue weighted by Crippen LogP contribution is -2.06. The van der Waals surface area contributed by atoms with Crippen LogP contribution >= 0.6 is 0 Å². The van der Waals surface area contributed by atoms with E-state index in [0.717, 1.165) is 5.56 Å². The molecule has 0 saturated carbocycles. The molecule has 1 rings (SSSR count). The zero-order chi connectivity index (χ0) is 10.4.